The minimum absolute atomic E-state index is 0.228. The Bertz CT molecular complexity index is 635. The van der Waals surface area contributed by atoms with Gasteiger partial charge in [0.1, 0.15) is 5.82 Å². The van der Waals surface area contributed by atoms with Crippen LogP contribution in [0.1, 0.15) is 22.3 Å². The zero-order chi connectivity index (χ0) is 15.1. The maximum Gasteiger partial charge on any atom is 0.254 e. The zero-order valence-electron chi connectivity index (χ0n) is 11.4. The Morgan fingerprint density at radius 2 is 2.05 bits per heavy atom. The quantitative estimate of drug-likeness (QED) is 0.847. The third-order valence-corrected chi connectivity index (χ3v) is 2.97. The fraction of sp³-hybridized carbons (Fsp3) is 0.188. The van der Waals surface area contributed by atoms with E-state index in [4.69, 9.17) is 5.26 Å². The van der Waals surface area contributed by atoms with E-state index < -0.39 is 0 Å². The van der Waals surface area contributed by atoms with Crippen LogP contribution in [0.25, 0.3) is 0 Å². The highest BCUT2D eigenvalue weighted by molar-refractivity contribution is 5.94. The van der Waals surface area contributed by atoms with E-state index in [0.29, 0.717) is 18.7 Å². The lowest BCUT2D eigenvalue weighted by atomic mass is 10.1. The lowest BCUT2D eigenvalue weighted by molar-refractivity contribution is 0.0746. The van der Waals surface area contributed by atoms with Crippen molar-refractivity contribution in [1.29, 1.82) is 5.26 Å². The van der Waals surface area contributed by atoms with Crippen molar-refractivity contribution in [3.8, 4) is 6.07 Å². The molecular weight excluding hydrogens is 269 g/mol. The van der Waals surface area contributed by atoms with Crippen molar-refractivity contribution in [2.45, 2.75) is 13.0 Å². The summed E-state index contributed by atoms with van der Waals surface area (Å²) in [7, 11) is 0. The van der Waals surface area contributed by atoms with Gasteiger partial charge in [0.2, 0.25) is 0 Å². The monoisotopic (exact) mass is 283 g/mol. The molecule has 1 aromatic heterocycles. The van der Waals surface area contributed by atoms with Crippen LogP contribution in [-0.2, 0) is 6.54 Å². The standard InChI is InChI=1S/C16H14FN3O/c17-15-6-4-14(5-7-15)16(21)20(10-2-8-18)12-13-3-1-9-19-11-13/h1,3-7,9,11H,2,10,12H2. The molecule has 0 fully saturated rings. The fourth-order valence-corrected chi connectivity index (χ4v) is 1.92. The molecule has 5 heteroatoms. The maximum atomic E-state index is 12.9. The van der Waals surface area contributed by atoms with E-state index in [1.165, 1.54) is 24.3 Å². The first kappa shape index (κ1) is 14.7. The number of halogens is 1. The summed E-state index contributed by atoms with van der Waals surface area (Å²) in [5, 5.41) is 8.72. The van der Waals surface area contributed by atoms with Crippen LogP contribution in [0.4, 0.5) is 4.39 Å². The molecule has 0 bridgehead atoms. The highest BCUT2D eigenvalue weighted by Crippen LogP contribution is 2.11. The number of nitriles is 1. The molecule has 0 aliphatic carbocycles. The van der Waals surface area contributed by atoms with Gasteiger partial charge in [-0.1, -0.05) is 6.07 Å². The Morgan fingerprint density at radius 3 is 2.67 bits per heavy atom. The van der Waals surface area contributed by atoms with Crippen LogP contribution in [0, 0.1) is 17.1 Å². The fourth-order valence-electron chi connectivity index (χ4n) is 1.92. The van der Waals surface area contributed by atoms with E-state index >= 15 is 0 Å². The molecule has 0 atom stereocenters. The van der Waals surface area contributed by atoms with Gasteiger partial charge in [-0.05, 0) is 35.9 Å². The van der Waals surface area contributed by atoms with Crippen LogP contribution in [0.3, 0.4) is 0 Å². The molecule has 0 spiro atoms. The Morgan fingerprint density at radius 1 is 1.29 bits per heavy atom. The number of rotatable bonds is 5. The number of aromatic nitrogens is 1. The normalized spacial score (nSPS) is 9.90. The van der Waals surface area contributed by atoms with Crippen molar-refractivity contribution >= 4 is 5.91 Å². The Labute approximate surface area is 122 Å². The second kappa shape index (κ2) is 7.15. The van der Waals surface area contributed by atoms with E-state index in [1.807, 2.05) is 12.1 Å². The molecule has 0 N–H and O–H groups in total. The molecule has 106 valence electrons. The zero-order valence-corrected chi connectivity index (χ0v) is 11.4. The summed E-state index contributed by atoms with van der Waals surface area (Å²) in [6.45, 7) is 0.688. The van der Waals surface area contributed by atoms with Gasteiger partial charge in [-0.15, -0.1) is 0 Å². The molecule has 0 radical (unpaired) electrons. The van der Waals surface area contributed by atoms with Crippen LogP contribution >= 0.6 is 0 Å². The number of hydrogen-bond donors (Lipinski definition) is 0. The van der Waals surface area contributed by atoms with Gasteiger partial charge in [-0.2, -0.15) is 5.26 Å². The van der Waals surface area contributed by atoms with Crippen molar-refractivity contribution in [2.24, 2.45) is 0 Å². The van der Waals surface area contributed by atoms with E-state index in [2.05, 4.69) is 4.98 Å². The second-order valence-corrected chi connectivity index (χ2v) is 4.50. The van der Waals surface area contributed by atoms with Crippen LogP contribution < -0.4 is 0 Å². The Kier molecular flexibility index (Phi) is 4.99. The maximum absolute atomic E-state index is 12.9. The number of hydrogen-bond acceptors (Lipinski definition) is 3. The van der Waals surface area contributed by atoms with E-state index in [1.54, 1.807) is 23.4 Å². The topological polar surface area (TPSA) is 57.0 Å². The molecule has 0 saturated carbocycles. The van der Waals surface area contributed by atoms with Gasteiger partial charge in [-0.3, -0.25) is 9.78 Å². The first-order valence-electron chi connectivity index (χ1n) is 6.51. The third-order valence-electron chi connectivity index (χ3n) is 2.97. The number of benzene rings is 1. The van der Waals surface area contributed by atoms with Gasteiger partial charge in [0.25, 0.3) is 5.91 Å². The third kappa shape index (κ3) is 4.11. The Hall–Kier alpha value is -2.74. The molecule has 2 rings (SSSR count). The van der Waals surface area contributed by atoms with Crippen molar-refractivity contribution in [3.63, 3.8) is 0 Å². The van der Waals surface area contributed by atoms with E-state index in [9.17, 15) is 9.18 Å². The molecule has 0 aliphatic rings. The number of carbonyl (C=O) groups is 1. The van der Waals surface area contributed by atoms with Crippen molar-refractivity contribution in [3.05, 3.63) is 65.7 Å². The van der Waals surface area contributed by atoms with Gasteiger partial charge in [0.05, 0.1) is 12.5 Å². The lowest BCUT2D eigenvalue weighted by Crippen LogP contribution is -2.31. The highest BCUT2D eigenvalue weighted by Gasteiger charge is 2.16. The average Bonchev–Trinajstić information content (AvgIpc) is 2.52. The summed E-state index contributed by atoms with van der Waals surface area (Å²) >= 11 is 0. The molecule has 2 aromatic rings. The number of nitrogens with zero attached hydrogens (tertiary/aromatic N) is 3. The van der Waals surface area contributed by atoms with E-state index in [-0.39, 0.29) is 18.1 Å². The van der Waals surface area contributed by atoms with Gasteiger partial charge < -0.3 is 4.90 Å². The first-order chi connectivity index (χ1) is 10.2. The molecule has 21 heavy (non-hydrogen) atoms. The number of amides is 1. The highest BCUT2D eigenvalue weighted by atomic mass is 19.1. The van der Waals surface area contributed by atoms with Crippen molar-refractivity contribution in [2.75, 3.05) is 6.54 Å². The van der Waals surface area contributed by atoms with Gasteiger partial charge in [0, 0.05) is 31.0 Å². The smallest absolute Gasteiger partial charge is 0.254 e. The molecule has 0 saturated heterocycles. The van der Waals surface area contributed by atoms with Crippen molar-refractivity contribution < 1.29 is 9.18 Å². The number of pyridine rings is 1. The molecule has 0 unspecified atom stereocenters. The van der Waals surface area contributed by atoms with Gasteiger partial charge >= 0.3 is 0 Å². The van der Waals surface area contributed by atoms with Gasteiger partial charge in [-0.25, -0.2) is 4.39 Å². The molecule has 1 amide bonds. The van der Waals surface area contributed by atoms with Crippen LogP contribution in [0.5, 0.6) is 0 Å². The largest absolute Gasteiger partial charge is 0.333 e. The molecular formula is C16H14FN3O. The lowest BCUT2D eigenvalue weighted by Gasteiger charge is -2.21. The summed E-state index contributed by atoms with van der Waals surface area (Å²) in [5.74, 6) is -0.614. The van der Waals surface area contributed by atoms with Gasteiger partial charge in [0.15, 0.2) is 0 Å². The summed E-state index contributed by atoms with van der Waals surface area (Å²) in [6.07, 6.45) is 3.58. The van der Waals surface area contributed by atoms with Crippen LogP contribution in [0.2, 0.25) is 0 Å². The summed E-state index contributed by atoms with van der Waals surface area (Å²) in [4.78, 5) is 18.0. The second-order valence-electron chi connectivity index (χ2n) is 4.50. The molecule has 1 aromatic carbocycles. The van der Waals surface area contributed by atoms with Crippen molar-refractivity contribution in [1.82, 2.24) is 9.88 Å². The summed E-state index contributed by atoms with van der Waals surface area (Å²) in [6, 6.07) is 11.1. The molecule has 0 aliphatic heterocycles. The minimum atomic E-state index is -0.387. The van der Waals surface area contributed by atoms with Crippen LogP contribution in [0.15, 0.2) is 48.8 Å². The Balaban J connectivity index is 2.17. The summed E-state index contributed by atoms with van der Waals surface area (Å²) < 4.78 is 12.9. The average molecular weight is 283 g/mol. The number of carbonyl (C=O) groups excluding carboxylic acids is 1. The molecule has 1 heterocycles. The summed E-state index contributed by atoms with van der Waals surface area (Å²) in [5.41, 5.74) is 1.28. The SMILES string of the molecule is N#CCCN(Cc1cccnc1)C(=O)c1ccc(F)cc1. The van der Waals surface area contributed by atoms with E-state index in [0.717, 1.165) is 5.56 Å². The predicted molar refractivity (Wildman–Crippen MR) is 75.6 cm³/mol. The minimum Gasteiger partial charge on any atom is -0.333 e. The first-order valence-corrected chi connectivity index (χ1v) is 6.51. The molecule has 4 nitrogen and oxygen atoms in total. The van der Waals surface area contributed by atoms with Crippen LogP contribution in [-0.4, -0.2) is 22.3 Å². The predicted octanol–water partition coefficient (Wildman–Crippen LogP) is 2.78.